The van der Waals surface area contributed by atoms with Crippen molar-refractivity contribution in [3.63, 3.8) is 0 Å². The molecule has 94 valence electrons. The Morgan fingerprint density at radius 3 is 2.29 bits per heavy atom. The molecule has 0 bridgehead atoms. The van der Waals surface area contributed by atoms with E-state index in [1.165, 1.54) is 5.56 Å². The largest absolute Gasteiger partial charge is 1.00 e. The van der Waals surface area contributed by atoms with Gasteiger partial charge in [0.1, 0.15) is 0 Å². The van der Waals surface area contributed by atoms with Crippen molar-refractivity contribution in [1.29, 1.82) is 0 Å². The van der Waals surface area contributed by atoms with Crippen LogP contribution in [0.4, 0.5) is 0 Å². The van der Waals surface area contributed by atoms with Gasteiger partial charge < -0.3 is 30.5 Å². The first kappa shape index (κ1) is 16.1. The highest BCUT2D eigenvalue weighted by Gasteiger charge is 2.16. The molecule has 5 N–H and O–H groups in total. The maximum Gasteiger partial charge on any atom is 0.231 e. The van der Waals surface area contributed by atoms with Crippen molar-refractivity contribution in [2.45, 2.75) is 12.8 Å². The molecule has 4 nitrogen and oxygen atoms in total. The second-order valence-corrected chi connectivity index (χ2v) is 3.59. The number of halogens is 2. The number of amidine groups is 2. The fourth-order valence-electron chi connectivity index (χ4n) is 1.57. The van der Waals surface area contributed by atoms with Crippen LogP contribution in [-0.4, -0.2) is 18.2 Å². The molecule has 1 aliphatic heterocycles. The van der Waals surface area contributed by atoms with Crippen molar-refractivity contribution in [1.82, 2.24) is 0 Å². The van der Waals surface area contributed by atoms with Gasteiger partial charge in [-0.05, 0) is 5.56 Å². The lowest BCUT2D eigenvalue weighted by molar-refractivity contribution is -0.416. The smallest absolute Gasteiger partial charge is 0.231 e. The van der Waals surface area contributed by atoms with Gasteiger partial charge >= 0.3 is 0 Å². The van der Waals surface area contributed by atoms with E-state index in [-0.39, 0.29) is 24.8 Å². The Labute approximate surface area is 113 Å². The first-order valence-electron chi connectivity index (χ1n) is 5.20. The van der Waals surface area contributed by atoms with Crippen LogP contribution < -0.4 is 35.9 Å². The van der Waals surface area contributed by atoms with Gasteiger partial charge in [0.2, 0.25) is 11.7 Å². The molecule has 1 aliphatic rings. The molecule has 6 heteroatoms. The molecule has 0 unspecified atom stereocenters. The van der Waals surface area contributed by atoms with Crippen LogP contribution in [-0.2, 0) is 6.42 Å². The lowest BCUT2D eigenvalue weighted by Gasteiger charge is -1.98. The summed E-state index contributed by atoms with van der Waals surface area (Å²) in [5, 5.41) is 10.3. The normalized spacial score (nSPS) is 13.2. The molecular weight excluding hydrogens is 259 g/mol. The summed E-state index contributed by atoms with van der Waals surface area (Å²) in [6.07, 6.45) is 1.78. The third-order valence-corrected chi connectivity index (χ3v) is 2.30. The molecule has 0 aliphatic carbocycles. The maximum absolute atomic E-state index is 4.15. The number of nitrogens with two attached hydrogens (primary N) is 1. The zero-order chi connectivity index (χ0) is 10.5. The topological polar surface area (TPSA) is 69.0 Å². The Balaban J connectivity index is 0.00000128. The molecular formula is C11H16Cl2N4. The lowest BCUT2D eigenvalue weighted by Crippen LogP contribution is -3.00. The summed E-state index contributed by atoms with van der Waals surface area (Å²) in [5.74, 6) is 2.10. The summed E-state index contributed by atoms with van der Waals surface area (Å²) in [4.78, 5) is 0. The molecule has 1 heterocycles. The van der Waals surface area contributed by atoms with Crippen LogP contribution in [0.1, 0.15) is 12.0 Å². The number of rotatable bonds is 4. The number of hydrogen-bond donors (Lipinski definition) is 2. The van der Waals surface area contributed by atoms with Gasteiger partial charge in [-0.15, -0.1) is 0 Å². The molecule has 0 amide bonds. The Morgan fingerprint density at radius 1 is 1.00 bits per heavy atom. The van der Waals surface area contributed by atoms with E-state index in [0.29, 0.717) is 0 Å². The average Bonchev–Trinajstić information content (AvgIpc) is 2.68. The van der Waals surface area contributed by atoms with Crippen molar-refractivity contribution in [3.8, 4) is 0 Å². The predicted octanol–water partition coefficient (Wildman–Crippen LogP) is -6.84. The molecule has 1 aromatic rings. The zero-order valence-corrected chi connectivity index (χ0v) is 11.0. The summed E-state index contributed by atoms with van der Waals surface area (Å²) in [5.41, 5.74) is 5.08. The molecule has 0 fully saturated rings. The zero-order valence-electron chi connectivity index (χ0n) is 9.44. The highest BCUT2D eigenvalue weighted by atomic mass is 35.5. The molecule has 2 rings (SSSR count). The second kappa shape index (κ2) is 8.20. The van der Waals surface area contributed by atoms with E-state index in [2.05, 4.69) is 33.4 Å². The van der Waals surface area contributed by atoms with Crippen molar-refractivity contribution in [3.05, 3.63) is 35.9 Å². The Kier molecular flexibility index (Phi) is 7.74. The molecule has 0 radical (unpaired) electrons. The predicted molar refractivity (Wildman–Crippen MR) is 59.3 cm³/mol. The summed E-state index contributed by atoms with van der Waals surface area (Å²) in [6, 6.07) is 10.3. The van der Waals surface area contributed by atoms with Gasteiger partial charge in [0.05, 0.1) is 19.4 Å². The maximum atomic E-state index is 4.15. The van der Waals surface area contributed by atoms with E-state index < -0.39 is 0 Å². The van der Waals surface area contributed by atoms with Crippen molar-refractivity contribution < 1.29 is 35.9 Å². The monoisotopic (exact) mass is 274 g/mol. The van der Waals surface area contributed by atoms with Crippen LogP contribution in [0.25, 0.3) is 0 Å². The molecule has 0 aromatic heterocycles. The van der Waals surface area contributed by atoms with Crippen molar-refractivity contribution in [2.24, 2.45) is 10.2 Å². The van der Waals surface area contributed by atoms with Crippen LogP contribution >= 0.6 is 0 Å². The Bertz CT molecular complexity index is 390. The van der Waals surface area contributed by atoms with Crippen LogP contribution in [0, 0.1) is 0 Å². The van der Waals surface area contributed by atoms with Crippen LogP contribution in [0.3, 0.4) is 0 Å². The number of hydrogen-bond acceptors (Lipinski definition) is 2. The van der Waals surface area contributed by atoms with Gasteiger partial charge in [0.25, 0.3) is 0 Å². The van der Waals surface area contributed by atoms with Crippen LogP contribution in [0.15, 0.2) is 40.5 Å². The van der Waals surface area contributed by atoms with Gasteiger partial charge in [0.15, 0.2) is 0 Å². The third-order valence-electron chi connectivity index (χ3n) is 2.30. The van der Waals surface area contributed by atoms with E-state index in [1.807, 2.05) is 18.2 Å². The minimum atomic E-state index is 0. The summed E-state index contributed by atoms with van der Waals surface area (Å²) >= 11 is 0. The summed E-state index contributed by atoms with van der Waals surface area (Å²) in [6.45, 7) is 0.878. The Morgan fingerprint density at radius 2 is 1.65 bits per heavy atom. The van der Waals surface area contributed by atoms with E-state index >= 15 is 0 Å². The number of quaternary nitrogens is 2. The van der Waals surface area contributed by atoms with Gasteiger partial charge in [-0.2, -0.15) is 0 Å². The average molecular weight is 275 g/mol. The molecule has 0 saturated heterocycles. The quantitative estimate of drug-likeness (QED) is 0.548. The minimum Gasteiger partial charge on any atom is -1.00 e. The third kappa shape index (κ3) is 4.83. The van der Waals surface area contributed by atoms with Gasteiger partial charge in [-0.1, -0.05) is 40.5 Å². The molecule has 0 saturated carbocycles. The van der Waals surface area contributed by atoms with E-state index in [9.17, 15) is 0 Å². The first-order valence-corrected chi connectivity index (χ1v) is 5.20. The molecule has 0 atom stereocenters. The van der Waals surface area contributed by atoms with Crippen LogP contribution in [0.2, 0.25) is 0 Å². The highest BCUT2D eigenvalue weighted by molar-refractivity contribution is 5.89. The van der Waals surface area contributed by atoms with Crippen molar-refractivity contribution in [2.75, 3.05) is 6.54 Å². The van der Waals surface area contributed by atoms with Crippen LogP contribution in [0.5, 0.6) is 0 Å². The highest BCUT2D eigenvalue weighted by Crippen LogP contribution is 2.00. The van der Waals surface area contributed by atoms with Gasteiger partial charge in [-0.3, -0.25) is 5.32 Å². The van der Waals surface area contributed by atoms with Crippen molar-refractivity contribution >= 4 is 11.7 Å². The van der Waals surface area contributed by atoms with E-state index in [4.69, 9.17) is 0 Å². The molecule has 17 heavy (non-hydrogen) atoms. The first-order chi connectivity index (χ1) is 7.38. The summed E-state index contributed by atoms with van der Waals surface area (Å²) in [7, 11) is 0. The Hall–Kier alpha value is -0.940. The number of nitrogens with zero attached hydrogens (tertiary/aromatic N) is 2. The van der Waals surface area contributed by atoms with Gasteiger partial charge in [0, 0.05) is 0 Å². The van der Waals surface area contributed by atoms with E-state index in [0.717, 1.165) is 31.1 Å². The second-order valence-electron chi connectivity index (χ2n) is 3.59. The fraction of sp³-hybridized carbons (Fsp3) is 0.273. The fourth-order valence-corrected chi connectivity index (χ4v) is 1.57. The SMILES string of the molecule is [Cl-].[Cl-].[NH3+]CCC1=NN=C(Cc2ccccc2)[NH2+]1. The standard InChI is InChI=1S/C11H14N4.2ClH/c12-7-6-10-13-11(15-14-10)8-9-4-2-1-3-5-9;;/h1-5H,6-8,12H2,(H,13,14,15);2*1H. The lowest BCUT2D eigenvalue weighted by atomic mass is 10.1. The van der Waals surface area contributed by atoms with Gasteiger partial charge in [-0.25, -0.2) is 0 Å². The number of benzene rings is 1. The van der Waals surface area contributed by atoms with E-state index in [1.54, 1.807) is 0 Å². The molecule has 1 aromatic carbocycles. The summed E-state index contributed by atoms with van der Waals surface area (Å²) < 4.78 is 0. The minimum absolute atomic E-state index is 0. The molecule has 0 spiro atoms.